The van der Waals surface area contributed by atoms with Gasteiger partial charge in [-0.2, -0.15) is 0 Å². The Labute approximate surface area is 114 Å². The molecule has 0 atom stereocenters. The number of halogens is 1. The van der Waals surface area contributed by atoms with E-state index in [0.29, 0.717) is 28.1 Å². The Hall–Kier alpha value is -1.56. The highest BCUT2D eigenvalue weighted by Gasteiger charge is 2.12. The average Bonchev–Trinajstić information content (AvgIpc) is 2.32. The third kappa shape index (κ3) is 3.46. The van der Waals surface area contributed by atoms with Crippen LogP contribution in [0.3, 0.4) is 0 Å². The highest BCUT2D eigenvalue weighted by Crippen LogP contribution is 2.37. The molecule has 0 unspecified atom stereocenters. The van der Waals surface area contributed by atoms with Gasteiger partial charge >= 0.3 is 0 Å². The van der Waals surface area contributed by atoms with Crippen molar-refractivity contribution >= 4 is 22.0 Å². The van der Waals surface area contributed by atoms with Crippen LogP contribution in [-0.4, -0.2) is 18.6 Å². The van der Waals surface area contributed by atoms with Crippen LogP contribution in [0.15, 0.2) is 22.3 Å². The maximum atomic E-state index is 10.6. The Morgan fingerprint density at radius 1 is 1.56 bits per heavy atom. The van der Waals surface area contributed by atoms with Gasteiger partial charge in [0, 0.05) is 13.0 Å². The van der Waals surface area contributed by atoms with Gasteiger partial charge in [-0.25, -0.2) is 0 Å². The fourth-order valence-corrected chi connectivity index (χ4v) is 1.98. The third-order valence-electron chi connectivity index (χ3n) is 2.20. The van der Waals surface area contributed by atoms with Crippen LogP contribution in [0.25, 0.3) is 6.08 Å². The minimum absolute atomic E-state index is 0.0631. The van der Waals surface area contributed by atoms with Gasteiger partial charge in [0.25, 0.3) is 0 Å². The Balaban J connectivity index is 3.22. The number of rotatable bonds is 5. The number of benzene rings is 1. The summed E-state index contributed by atoms with van der Waals surface area (Å²) >= 11 is 3.36. The number of nitrogens with zero attached hydrogens (tertiary/aromatic N) is 1. The molecule has 0 spiro atoms. The summed E-state index contributed by atoms with van der Waals surface area (Å²) in [7, 11) is 1.53. The molecule has 0 aromatic heterocycles. The fourth-order valence-electron chi connectivity index (χ4n) is 1.40. The van der Waals surface area contributed by atoms with Crippen LogP contribution in [0.5, 0.6) is 11.5 Å². The number of nitro groups is 1. The topological polar surface area (TPSA) is 61.6 Å². The van der Waals surface area contributed by atoms with E-state index in [-0.39, 0.29) is 5.70 Å². The number of ether oxygens (including phenoxy) is 2. The molecule has 6 heteroatoms. The van der Waals surface area contributed by atoms with Crippen molar-refractivity contribution in [1.82, 2.24) is 0 Å². The summed E-state index contributed by atoms with van der Waals surface area (Å²) in [6.45, 7) is 3.82. The number of hydrogen-bond acceptors (Lipinski definition) is 4. The number of allylic oxidation sites excluding steroid dienone is 1. The SMILES string of the molecule is CCOc1c(Br)cc(/C=C(/C)[N+](=O)[O-])cc1OC. The lowest BCUT2D eigenvalue weighted by Crippen LogP contribution is -1.97. The summed E-state index contributed by atoms with van der Waals surface area (Å²) in [4.78, 5) is 10.1. The largest absolute Gasteiger partial charge is 0.493 e. The van der Waals surface area contributed by atoms with Crippen molar-refractivity contribution in [2.45, 2.75) is 13.8 Å². The van der Waals surface area contributed by atoms with Gasteiger partial charge < -0.3 is 9.47 Å². The van der Waals surface area contributed by atoms with Crippen LogP contribution in [-0.2, 0) is 0 Å². The maximum Gasteiger partial charge on any atom is 0.243 e. The van der Waals surface area contributed by atoms with Gasteiger partial charge in [0.15, 0.2) is 11.5 Å². The smallest absolute Gasteiger partial charge is 0.243 e. The summed E-state index contributed by atoms with van der Waals surface area (Å²) in [5.41, 5.74) is 0.740. The molecule has 5 nitrogen and oxygen atoms in total. The molecule has 0 fully saturated rings. The summed E-state index contributed by atoms with van der Waals surface area (Å²) < 4.78 is 11.3. The van der Waals surface area contributed by atoms with Crippen LogP contribution >= 0.6 is 15.9 Å². The second-order valence-electron chi connectivity index (χ2n) is 3.51. The molecular formula is C12H14BrNO4. The van der Waals surface area contributed by atoms with Crippen LogP contribution < -0.4 is 9.47 Å². The van der Waals surface area contributed by atoms with Crippen LogP contribution in [0.4, 0.5) is 0 Å². The summed E-state index contributed by atoms with van der Waals surface area (Å²) in [5.74, 6) is 1.13. The maximum absolute atomic E-state index is 10.6. The van der Waals surface area contributed by atoms with Crippen molar-refractivity contribution in [3.05, 3.63) is 38.0 Å². The van der Waals surface area contributed by atoms with E-state index in [9.17, 15) is 10.1 Å². The Morgan fingerprint density at radius 3 is 2.72 bits per heavy atom. The zero-order chi connectivity index (χ0) is 13.7. The molecule has 0 amide bonds. The molecule has 0 heterocycles. The van der Waals surface area contributed by atoms with Crippen molar-refractivity contribution in [1.29, 1.82) is 0 Å². The third-order valence-corrected chi connectivity index (χ3v) is 2.79. The summed E-state index contributed by atoms with van der Waals surface area (Å²) in [6, 6.07) is 3.45. The molecule has 18 heavy (non-hydrogen) atoms. The van der Waals surface area contributed by atoms with Crippen LogP contribution in [0.2, 0.25) is 0 Å². The molecule has 0 aliphatic heterocycles. The monoisotopic (exact) mass is 315 g/mol. The quantitative estimate of drug-likeness (QED) is 0.616. The standard InChI is InChI=1S/C12H14BrNO4/c1-4-18-12-10(13)6-9(7-11(12)17-3)5-8(2)14(15)16/h5-7H,4H2,1-3H3/b8-5-. The number of methoxy groups -OCH3 is 1. The van der Waals surface area contributed by atoms with Crippen molar-refractivity contribution in [2.75, 3.05) is 13.7 Å². The Morgan fingerprint density at radius 2 is 2.22 bits per heavy atom. The van der Waals surface area contributed by atoms with Crippen molar-refractivity contribution < 1.29 is 14.4 Å². The number of hydrogen-bond donors (Lipinski definition) is 0. The molecule has 0 aliphatic rings. The second kappa shape index (κ2) is 6.39. The van der Waals surface area contributed by atoms with Crippen LogP contribution in [0.1, 0.15) is 19.4 Å². The van der Waals surface area contributed by atoms with Gasteiger partial charge in [0.1, 0.15) is 0 Å². The van der Waals surface area contributed by atoms with E-state index in [1.54, 1.807) is 12.1 Å². The van der Waals surface area contributed by atoms with Gasteiger partial charge in [-0.1, -0.05) is 0 Å². The van der Waals surface area contributed by atoms with Crippen molar-refractivity contribution in [2.24, 2.45) is 0 Å². The lowest BCUT2D eigenvalue weighted by molar-refractivity contribution is -0.422. The first-order valence-electron chi connectivity index (χ1n) is 5.32. The van der Waals surface area contributed by atoms with E-state index in [4.69, 9.17) is 9.47 Å². The first-order valence-corrected chi connectivity index (χ1v) is 6.12. The van der Waals surface area contributed by atoms with Crippen molar-refractivity contribution in [3.8, 4) is 11.5 Å². The lowest BCUT2D eigenvalue weighted by Gasteiger charge is -2.12. The van der Waals surface area contributed by atoms with E-state index in [2.05, 4.69) is 15.9 Å². The first-order chi connectivity index (χ1) is 8.49. The summed E-state index contributed by atoms with van der Waals surface area (Å²) in [6.07, 6.45) is 1.48. The van der Waals surface area contributed by atoms with E-state index in [1.165, 1.54) is 20.1 Å². The Bertz CT molecular complexity index is 485. The molecule has 1 rings (SSSR count). The first kappa shape index (κ1) is 14.5. The minimum atomic E-state index is -0.434. The normalized spacial score (nSPS) is 11.2. The van der Waals surface area contributed by atoms with Gasteiger partial charge in [0.05, 0.1) is 23.1 Å². The van der Waals surface area contributed by atoms with Gasteiger partial charge in [-0.05, 0) is 40.5 Å². The average molecular weight is 316 g/mol. The zero-order valence-corrected chi connectivity index (χ0v) is 12.0. The predicted octanol–water partition coefficient (Wildman–Crippen LogP) is 3.49. The molecule has 0 N–H and O–H groups in total. The highest BCUT2D eigenvalue weighted by molar-refractivity contribution is 9.10. The predicted molar refractivity (Wildman–Crippen MR) is 72.5 cm³/mol. The summed E-state index contributed by atoms with van der Waals surface area (Å²) in [5, 5.41) is 10.6. The molecule has 1 aromatic rings. The molecule has 0 aliphatic carbocycles. The molecule has 0 saturated carbocycles. The highest BCUT2D eigenvalue weighted by atomic mass is 79.9. The van der Waals surface area contributed by atoms with E-state index < -0.39 is 4.92 Å². The van der Waals surface area contributed by atoms with Gasteiger partial charge in [-0.15, -0.1) is 0 Å². The Kier molecular flexibility index (Phi) is 5.15. The zero-order valence-electron chi connectivity index (χ0n) is 10.4. The van der Waals surface area contributed by atoms with Crippen molar-refractivity contribution in [3.63, 3.8) is 0 Å². The lowest BCUT2D eigenvalue weighted by atomic mass is 10.1. The van der Waals surface area contributed by atoms with E-state index in [1.807, 2.05) is 6.92 Å². The molecule has 98 valence electrons. The van der Waals surface area contributed by atoms with E-state index in [0.717, 1.165) is 0 Å². The van der Waals surface area contributed by atoms with Gasteiger partial charge in [0.2, 0.25) is 5.70 Å². The molecule has 0 bridgehead atoms. The fraction of sp³-hybridized carbons (Fsp3) is 0.333. The molecule has 0 radical (unpaired) electrons. The van der Waals surface area contributed by atoms with E-state index >= 15 is 0 Å². The molecule has 1 aromatic carbocycles. The molecule has 0 saturated heterocycles. The minimum Gasteiger partial charge on any atom is -0.493 e. The van der Waals surface area contributed by atoms with Gasteiger partial charge in [-0.3, -0.25) is 10.1 Å². The van der Waals surface area contributed by atoms with Crippen LogP contribution in [0, 0.1) is 10.1 Å². The second-order valence-corrected chi connectivity index (χ2v) is 4.36. The molecular weight excluding hydrogens is 302 g/mol.